The molecule has 4 rings (SSSR count). The molecule has 0 amide bonds. The van der Waals surface area contributed by atoms with E-state index in [2.05, 4.69) is 30.3 Å². The van der Waals surface area contributed by atoms with Gasteiger partial charge in [-0.3, -0.25) is 4.79 Å². The van der Waals surface area contributed by atoms with Crippen molar-refractivity contribution in [3.63, 3.8) is 0 Å². The van der Waals surface area contributed by atoms with Gasteiger partial charge in [0, 0.05) is 11.5 Å². The minimum Gasteiger partial charge on any atom is -0.294 e. The molecule has 0 heterocycles. The van der Waals surface area contributed by atoms with Crippen molar-refractivity contribution in [3.8, 4) is 0 Å². The second-order valence-electron chi connectivity index (χ2n) is 7.27. The molecule has 1 heteroatoms. The summed E-state index contributed by atoms with van der Waals surface area (Å²) in [6, 6.07) is 20.8. The number of hydrogen-bond acceptors (Lipinski definition) is 1. The molecule has 1 nitrogen and oxygen atoms in total. The van der Waals surface area contributed by atoms with Crippen molar-refractivity contribution in [2.75, 3.05) is 0 Å². The molecule has 0 spiro atoms. The van der Waals surface area contributed by atoms with Crippen molar-refractivity contribution < 1.29 is 4.79 Å². The summed E-state index contributed by atoms with van der Waals surface area (Å²) in [6.07, 6.45) is 6.02. The molecule has 0 radical (unpaired) electrons. The highest BCUT2D eigenvalue weighted by Crippen LogP contribution is 2.55. The summed E-state index contributed by atoms with van der Waals surface area (Å²) in [5.74, 6) is 2.91. The van der Waals surface area contributed by atoms with Crippen LogP contribution in [0.5, 0.6) is 0 Å². The maximum absolute atomic E-state index is 12.7. The summed E-state index contributed by atoms with van der Waals surface area (Å²) in [7, 11) is 0. The zero-order chi connectivity index (χ0) is 15.6. The summed E-state index contributed by atoms with van der Waals surface area (Å²) in [6.45, 7) is 0. The van der Waals surface area contributed by atoms with Crippen molar-refractivity contribution >= 4 is 5.78 Å². The van der Waals surface area contributed by atoms with Crippen LogP contribution in [-0.4, -0.2) is 5.78 Å². The molecular formula is C22H24O. The second kappa shape index (κ2) is 6.31. The summed E-state index contributed by atoms with van der Waals surface area (Å²) < 4.78 is 0. The van der Waals surface area contributed by atoms with Crippen LogP contribution in [0.3, 0.4) is 0 Å². The van der Waals surface area contributed by atoms with E-state index in [1.807, 2.05) is 30.3 Å². The SMILES string of the molecule is O=C(c1ccccc1)C1CCCC(C2CC2c2ccccc2)C1. The fourth-order valence-electron chi connectivity index (χ4n) is 4.51. The number of carbonyl (C=O) groups excluding carboxylic acids is 1. The third-order valence-corrected chi connectivity index (χ3v) is 5.82. The lowest BCUT2D eigenvalue weighted by Crippen LogP contribution is -2.24. The number of carbonyl (C=O) groups is 1. The molecular weight excluding hydrogens is 280 g/mol. The molecule has 118 valence electrons. The lowest BCUT2D eigenvalue weighted by molar-refractivity contribution is 0.0855. The molecule has 0 N–H and O–H groups in total. The number of ketones is 1. The van der Waals surface area contributed by atoms with Crippen molar-refractivity contribution in [1.82, 2.24) is 0 Å². The van der Waals surface area contributed by atoms with E-state index < -0.39 is 0 Å². The van der Waals surface area contributed by atoms with Gasteiger partial charge in [-0.05, 0) is 42.6 Å². The Morgan fingerprint density at radius 2 is 1.52 bits per heavy atom. The maximum atomic E-state index is 12.7. The number of benzene rings is 2. The average Bonchev–Trinajstić information content (AvgIpc) is 3.44. The first kappa shape index (κ1) is 14.7. The largest absolute Gasteiger partial charge is 0.294 e. The Morgan fingerprint density at radius 3 is 2.26 bits per heavy atom. The van der Waals surface area contributed by atoms with E-state index in [9.17, 15) is 4.79 Å². The molecule has 23 heavy (non-hydrogen) atoms. The normalized spacial score (nSPS) is 29.9. The molecule has 2 aromatic carbocycles. The molecule has 2 aliphatic carbocycles. The van der Waals surface area contributed by atoms with E-state index in [0.717, 1.165) is 36.2 Å². The highest BCUT2D eigenvalue weighted by Gasteiger charge is 2.45. The van der Waals surface area contributed by atoms with Crippen LogP contribution < -0.4 is 0 Å². The first-order chi connectivity index (χ1) is 11.3. The molecule has 2 fully saturated rings. The maximum Gasteiger partial charge on any atom is 0.165 e. The molecule has 4 atom stereocenters. The molecule has 0 bridgehead atoms. The van der Waals surface area contributed by atoms with Crippen molar-refractivity contribution in [2.24, 2.45) is 17.8 Å². The van der Waals surface area contributed by atoms with Gasteiger partial charge < -0.3 is 0 Å². The molecule has 0 saturated heterocycles. The third-order valence-electron chi connectivity index (χ3n) is 5.82. The predicted molar refractivity (Wildman–Crippen MR) is 93.5 cm³/mol. The average molecular weight is 304 g/mol. The Balaban J connectivity index is 1.42. The van der Waals surface area contributed by atoms with Crippen LogP contribution in [-0.2, 0) is 0 Å². The zero-order valence-corrected chi connectivity index (χ0v) is 13.5. The smallest absolute Gasteiger partial charge is 0.165 e. The summed E-state index contributed by atoms with van der Waals surface area (Å²) in [5, 5.41) is 0. The van der Waals surface area contributed by atoms with E-state index in [1.54, 1.807) is 0 Å². The van der Waals surface area contributed by atoms with Gasteiger partial charge in [-0.15, -0.1) is 0 Å². The molecule has 4 unspecified atom stereocenters. The number of hydrogen-bond donors (Lipinski definition) is 0. The Kier molecular flexibility index (Phi) is 4.03. The molecule has 2 aromatic rings. The van der Waals surface area contributed by atoms with Crippen LogP contribution in [0.2, 0.25) is 0 Å². The molecule has 0 aromatic heterocycles. The first-order valence-electron chi connectivity index (χ1n) is 8.97. The summed E-state index contributed by atoms with van der Waals surface area (Å²) in [5.41, 5.74) is 2.39. The van der Waals surface area contributed by atoms with Crippen molar-refractivity contribution in [2.45, 2.75) is 38.0 Å². The minimum absolute atomic E-state index is 0.244. The quantitative estimate of drug-likeness (QED) is 0.684. The summed E-state index contributed by atoms with van der Waals surface area (Å²) >= 11 is 0. The standard InChI is InChI=1S/C22H24O/c23-22(17-10-5-2-6-11-17)19-13-7-12-18(14-19)21-15-20(21)16-8-3-1-4-9-16/h1-6,8-11,18-21H,7,12-15H2. The van der Waals surface area contributed by atoms with E-state index in [-0.39, 0.29) is 5.92 Å². The number of rotatable bonds is 4. The van der Waals surface area contributed by atoms with Gasteiger partial charge in [0.25, 0.3) is 0 Å². The Labute approximate surface area is 138 Å². The highest BCUT2D eigenvalue weighted by atomic mass is 16.1. The molecule has 2 aliphatic rings. The third kappa shape index (κ3) is 3.10. The van der Waals surface area contributed by atoms with Gasteiger partial charge in [0.05, 0.1) is 0 Å². The van der Waals surface area contributed by atoms with Crippen LogP contribution in [0.1, 0.15) is 53.9 Å². The first-order valence-corrected chi connectivity index (χ1v) is 8.97. The fourth-order valence-corrected chi connectivity index (χ4v) is 4.51. The van der Waals surface area contributed by atoms with Crippen LogP contribution in [0.15, 0.2) is 60.7 Å². The van der Waals surface area contributed by atoms with Crippen LogP contribution in [0.4, 0.5) is 0 Å². The van der Waals surface area contributed by atoms with Crippen LogP contribution >= 0.6 is 0 Å². The van der Waals surface area contributed by atoms with E-state index in [1.165, 1.54) is 24.8 Å². The topological polar surface area (TPSA) is 17.1 Å². The molecule has 0 aliphatic heterocycles. The van der Waals surface area contributed by atoms with Gasteiger partial charge in [-0.2, -0.15) is 0 Å². The van der Waals surface area contributed by atoms with Gasteiger partial charge in [-0.25, -0.2) is 0 Å². The monoisotopic (exact) mass is 304 g/mol. The lowest BCUT2D eigenvalue weighted by Gasteiger charge is -2.28. The Bertz CT molecular complexity index is 661. The van der Waals surface area contributed by atoms with Gasteiger partial charge in [0.15, 0.2) is 5.78 Å². The zero-order valence-electron chi connectivity index (χ0n) is 13.5. The minimum atomic E-state index is 0.244. The number of Topliss-reactive ketones (excluding diaryl/α,β-unsaturated/α-hetero) is 1. The Morgan fingerprint density at radius 1 is 0.826 bits per heavy atom. The summed E-state index contributed by atoms with van der Waals surface area (Å²) in [4.78, 5) is 12.7. The van der Waals surface area contributed by atoms with Gasteiger partial charge >= 0.3 is 0 Å². The van der Waals surface area contributed by atoms with Crippen LogP contribution in [0.25, 0.3) is 0 Å². The lowest BCUT2D eigenvalue weighted by atomic mass is 9.75. The highest BCUT2D eigenvalue weighted by molar-refractivity contribution is 5.97. The Hall–Kier alpha value is -1.89. The van der Waals surface area contributed by atoms with Gasteiger partial charge in [0.1, 0.15) is 0 Å². The fraction of sp³-hybridized carbons (Fsp3) is 0.409. The van der Waals surface area contributed by atoms with Gasteiger partial charge in [0.2, 0.25) is 0 Å². The van der Waals surface area contributed by atoms with Crippen molar-refractivity contribution in [1.29, 1.82) is 0 Å². The second-order valence-corrected chi connectivity index (χ2v) is 7.27. The van der Waals surface area contributed by atoms with E-state index in [0.29, 0.717) is 5.78 Å². The van der Waals surface area contributed by atoms with E-state index >= 15 is 0 Å². The van der Waals surface area contributed by atoms with E-state index in [4.69, 9.17) is 0 Å². The van der Waals surface area contributed by atoms with Crippen LogP contribution in [0, 0.1) is 17.8 Å². The van der Waals surface area contributed by atoms with Gasteiger partial charge in [-0.1, -0.05) is 73.5 Å². The predicted octanol–water partition coefficient (Wildman–Crippen LogP) is 5.48. The molecule has 2 saturated carbocycles. The van der Waals surface area contributed by atoms with Crippen molar-refractivity contribution in [3.05, 3.63) is 71.8 Å².